The van der Waals surface area contributed by atoms with E-state index in [9.17, 15) is 13.6 Å². The number of hydrogen-bond acceptors (Lipinski definition) is 1. The molecule has 0 heterocycles. The molecule has 2 atom stereocenters. The molecule has 2 rings (SSSR count). The lowest BCUT2D eigenvalue weighted by molar-refractivity contribution is -0.682. The van der Waals surface area contributed by atoms with Gasteiger partial charge in [0.2, 0.25) is 0 Å². The van der Waals surface area contributed by atoms with Crippen molar-refractivity contribution in [2.75, 3.05) is 6.54 Å². The van der Waals surface area contributed by atoms with Gasteiger partial charge in [-0.25, -0.2) is 8.78 Å². The Kier molecular flexibility index (Phi) is 6.29. The second kappa shape index (κ2) is 8.22. The van der Waals surface area contributed by atoms with Gasteiger partial charge in [0.1, 0.15) is 17.7 Å². The third-order valence-electron chi connectivity index (χ3n) is 3.86. The van der Waals surface area contributed by atoms with Gasteiger partial charge >= 0.3 is 0 Å². The van der Waals surface area contributed by atoms with Crippen LogP contribution in [0.2, 0.25) is 5.02 Å². The molecule has 6 heteroatoms. The van der Waals surface area contributed by atoms with E-state index in [0.29, 0.717) is 10.6 Å². The van der Waals surface area contributed by atoms with Crippen LogP contribution < -0.4 is 10.6 Å². The SMILES string of the molecule is C[C@@H](NC(=O)C[NH2+][C@H](C)c1ccc(F)cc1F)c1ccc(Cl)cc1. The highest BCUT2D eigenvalue weighted by molar-refractivity contribution is 6.30. The van der Waals surface area contributed by atoms with Gasteiger partial charge in [0.15, 0.2) is 6.54 Å². The van der Waals surface area contributed by atoms with Gasteiger partial charge in [0.05, 0.1) is 6.04 Å². The van der Waals surface area contributed by atoms with E-state index in [0.717, 1.165) is 11.6 Å². The van der Waals surface area contributed by atoms with Gasteiger partial charge in [-0.1, -0.05) is 23.7 Å². The highest BCUT2D eigenvalue weighted by Crippen LogP contribution is 2.16. The Morgan fingerprint density at radius 1 is 1.17 bits per heavy atom. The number of halogens is 3. The van der Waals surface area contributed by atoms with Crippen LogP contribution in [-0.2, 0) is 4.79 Å². The van der Waals surface area contributed by atoms with Crippen LogP contribution in [0.25, 0.3) is 0 Å². The predicted molar refractivity (Wildman–Crippen MR) is 89.6 cm³/mol. The molecule has 0 radical (unpaired) electrons. The minimum Gasteiger partial charge on any atom is -0.345 e. The van der Waals surface area contributed by atoms with Gasteiger partial charge in [-0.3, -0.25) is 4.79 Å². The first-order chi connectivity index (χ1) is 11.4. The number of hydrogen-bond donors (Lipinski definition) is 2. The number of carbonyl (C=O) groups is 1. The lowest BCUT2D eigenvalue weighted by atomic mass is 10.1. The van der Waals surface area contributed by atoms with Crippen molar-refractivity contribution >= 4 is 17.5 Å². The van der Waals surface area contributed by atoms with Crippen molar-refractivity contribution in [3.05, 3.63) is 70.2 Å². The first-order valence-electron chi connectivity index (χ1n) is 7.70. The zero-order valence-corrected chi connectivity index (χ0v) is 14.3. The topological polar surface area (TPSA) is 45.7 Å². The van der Waals surface area contributed by atoms with Crippen molar-refractivity contribution in [1.29, 1.82) is 0 Å². The molecule has 0 saturated heterocycles. The lowest BCUT2D eigenvalue weighted by Crippen LogP contribution is -2.87. The summed E-state index contributed by atoms with van der Waals surface area (Å²) in [5.74, 6) is -1.38. The fraction of sp³-hybridized carbons (Fsp3) is 0.278. The molecule has 0 aliphatic heterocycles. The van der Waals surface area contributed by atoms with Crippen LogP contribution in [0, 0.1) is 11.6 Å². The minimum atomic E-state index is -0.613. The molecule has 3 N–H and O–H groups in total. The summed E-state index contributed by atoms with van der Waals surface area (Å²) in [6.07, 6.45) is 0. The predicted octanol–water partition coefficient (Wildman–Crippen LogP) is 3.12. The zero-order valence-electron chi connectivity index (χ0n) is 13.5. The second-order valence-electron chi connectivity index (χ2n) is 5.74. The van der Waals surface area contributed by atoms with Gasteiger partial charge in [0.25, 0.3) is 5.91 Å². The molecule has 0 aromatic heterocycles. The van der Waals surface area contributed by atoms with E-state index in [1.807, 2.05) is 19.1 Å². The van der Waals surface area contributed by atoms with Crippen molar-refractivity contribution in [2.24, 2.45) is 0 Å². The van der Waals surface area contributed by atoms with Gasteiger partial charge in [-0.15, -0.1) is 0 Å². The Morgan fingerprint density at radius 2 is 1.83 bits per heavy atom. The normalized spacial score (nSPS) is 13.4. The third kappa shape index (κ3) is 5.01. The molecule has 0 spiro atoms. The summed E-state index contributed by atoms with van der Waals surface area (Å²) >= 11 is 5.84. The molecule has 24 heavy (non-hydrogen) atoms. The van der Waals surface area contributed by atoms with Crippen molar-refractivity contribution in [2.45, 2.75) is 25.9 Å². The number of nitrogens with two attached hydrogens (primary N) is 1. The molecule has 2 aromatic rings. The van der Waals surface area contributed by atoms with E-state index in [2.05, 4.69) is 5.32 Å². The first kappa shape index (κ1) is 18.4. The van der Waals surface area contributed by atoms with Crippen LogP contribution >= 0.6 is 11.6 Å². The third-order valence-corrected chi connectivity index (χ3v) is 4.11. The van der Waals surface area contributed by atoms with Gasteiger partial charge < -0.3 is 10.6 Å². The maximum atomic E-state index is 13.7. The molecule has 0 saturated carbocycles. The molecule has 0 fully saturated rings. The number of rotatable bonds is 6. The fourth-order valence-electron chi connectivity index (χ4n) is 2.42. The fourth-order valence-corrected chi connectivity index (χ4v) is 2.54. The molecule has 0 bridgehead atoms. The van der Waals surface area contributed by atoms with Crippen LogP contribution in [0.3, 0.4) is 0 Å². The minimum absolute atomic E-state index is 0.149. The van der Waals surface area contributed by atoms with Crippen molar-refractivity contribution < 1.29 is 18.9 Å². The summed E-state index contributed by atoms with van der Waals surface area (Å²) in [6, 6.07) is 10.3. The number of nitrogens with one attached hydrogen (secondary N) is 1. The zero-order chi connectivity index (χ0) is 17.7. The quantitative estimate of drug-likeness (QED) is 0.823. The highest BCUT2D eigenvalue weighted by atomic mass is 35.5. The molecule has 1 amide bonds. The number of amides is 1. The lowest BCUT2D eigenvalue weighted by Gasteiger charge is -2.16. The van der Waals surface area contributed by atoms with Crippen molar-refractivity contribution in [3.63, 3.8) is 0 Å². The van der Waals surface area contributed by atoms with E-state index in [4.69, 9.17) is 11.6 Å². The summed E-state index contributed by atoms with van der Waals surface area (Å²) in [4.78, 5) is 12.0. The van der Waals surface area contributed by atoms with Gasteiger partial charge in [0, 0.05) is 16.7 Å². The summed E-state index contributed by atoms with van der Waals surface area (Å²) < 4.78 is 26.7. The van der Waals surface area contributed by atoms with Crippen molar-refractivity contribution in [3.8, 4) is 0 Å². The Morgan fingerprint density at radius 3 is 2.46 bits per heavy atom. The second-order valence-corrected chi connectivity index (χ2v) is 6.17. The van der Waals surface area contributed by atoms with Crippen LogP contribution in [0.4, 0.5) is 8.78 Å². The molecule has 0 unspecified atom stereocenters. The summed E-state index contributed by atoms with van der Waals surface area (Å²) in [5, 5.41) is 5.23. The number of carbonyl (C=O) groups excluding carboxylic acids is 1. The highest BCUT2D eigenvalue weighted by Gasteiger charge is 2.17. The summed E-state index contributed by atoms with van der Waals surface area (Å²) in [5.41, 5.74) is 1.32. The monoisotopic (exact) mass is 353 g/mol. The largest absolute Gasteiger partial charge is 0.345 e. The Hall–Kier alpha value is -1.98. The van der Waals surface area contributed by atoms with E-state index >= 15 is 0 Å². The maximum absolute atomic E-state index is 13.7. The van der Waals surface area contributed by atoms with Crippen LogP contribution in [0.15, 0.2) is 42.5 Å². The Bertz CT molecular complexity index is 707. The van der Waals surface area contributed by atoms with E-state index in [-0.39, 0.29) is 24.5 Å². The smallest absolute Gasteiger partial charge is 0.275 e. The average molecular weight is 354 g/mol. The van der Waals surface area contributed by atoms with E-state index in [1.54, 1.807) is 24.4 Å². The maximum Gasteiger partial charge on any atom is 0.275 e. The number of quaternary nitrogens is 1. The van der Waals surface area contributed by atoms with Crippen LogP contribution in [0.1, 0.15) is 37.1 Å². The van der Waals surface area contributed by atoms with Gasteiger partial charge in [-0.05, 0) is 43.7 Å². The average Bonchev–Trinajstić information content (AvgIpc) is 2.53. The van der Waals surface area contributed by atoms with E-state index in [1.165, 1.54) is 12.1 Å². The summed E-state index contributed by atoms with van der Waals surface area (Å²) in [7, 11) is 0. The molecule has 2 aromatic carbocycles. The molecule has 128 valence electrons. The molecular formula is C18H20ClF2N2O+. The van der Waals surface area contributed by atoms with Crippen LogP contribution in [0.5, 0.6) is 0 Å². The van der Waals surface area contributed by atoms with Crippen LogP contribution in [-0.4, -0.2) is 12.5 Å². The van der Waals surface area contributed by atoms with Gasteiger partial charge in [-0.2, -0.15) is 0 Å². The number of benzene rings is 2. The van der Waals surface area contributed by atoms with E-state index < -0.39 is 11.6 Å². The Balaban J connectivity index is 1.87. The summed E-state index contributed by atoms with van der Waals surface area (Å²) in [6.45, 7) is 3.80. The molecule has 3 nitrogen and oxygen atoms in total. The molecule has 0 aliphatic rings. The standard InChI is InChI=1S/C18H19ClF2N2O/c1-11(13-3-5-14(19)6-4-13)23-18(24)10-22-12(2)16-8-7-15(20)9-17(16)21/h3-9,11-12,22H,10H2,1-2H3,(H,23,24)/p+1/t11-,12-/m1/s1. The Labute approximate surface area is 145 Å². The van der Waals surface area contributed by atoms with Crippen molar-refractivity contribution in [1.82, 2.24) is 5.32 Å². The molecular weight excluding hydrogens is 334 g/mol. The molecule has 0 aliphatic carbocycles. The first-order valence-corrected chi connectivity index (χ1v) is 8.07.